The summed E-state index contributed by atoms with van der Waals surface area (Å²) in [7, 11) is 1.96. The third-order valence-corrected chi connectivity index (χ3v) is 6.88. The smallest absolute Gasteiger partial charge is 0.205 e. The molecule has 6 rings (SSSR count). The van der Waals surface area contributed by atoms with Gasteiger partial charge in [0.2, 0.25) is 5.82 Å². The van der Waals surface area contributed by atoms with Gasteiger partial charge in [-0.2, -0.15) is 20.1 Å². The zero-order valence-electron chi connectivity index (χ0n) is 19.3. The van der Waals surface area contributed by atoms with E-state index < -0.39 is 0 Å². The fourth-order valence-electron chi connectivity index (χ4n) is 4.22. The van der Waals surface area contributed by atoms with E-state index in [-0.39, 0.29) is 0 Å². The summed E-state index contributed by atoms with van der Waals surface area (Å²) in [5.74, 6) is 1.97. The van der Waals surface area contributed by atoms with Crippen molar-refractivity contribution >= 4 is 44.1 Å². The molecule has 0 spiro atoms. The maximum Gasteiger partial charge on any atom is 0.205 e. The number of H-pyrrole nitrogens is 1. The molecular weight excluding hydrogens is 522 g/mol. The summed E-state index contributed by atoms with van der Waals surface area (Å²) in [5.41, 5.74) is 5.18. The van der Waals surface area contributed by atoms with Gasteiger partial charge in [-0.3, -0.25) is 0 Å². The van der Waals surface area contributed by atoms with Crippen molar-refractivity contribution < 1.29 is 4.42 Å². The summed E-state index contributed by atoms with van der Waals surface area (Å²) in [4.78, 5) is 6.63. The van der Waals surface area contributed by atoms with Crippen LogP contribution in [-0.4, -0.2) is 42.3 Å². The first-order valence-electron chi connectivity index (χ1n) is 11.2. The lowest BCUT2D eigenvalue weighted by Crippen LogP contribution is -2.15. The van der Waals surface area contributed by atoms with E-state index in [1.54, 1.807) is 10.7 Å². The molecule has 0 saturated carbocycles. The molecule has 176 valence electrons. The molecular formula is C25H18BrN9O. The Morgan fingerprint density at radius 1 is 1.17 bits per heavy atom. The van der Waals surface area contributed by atoms with Crippen LogP contribution in [0.5, 0.6) is 0 Å². The quantitative estimate of drug-likeness (QED) is 0.313. The van der Waals surface area contributed by atoms with Gasteiger partial charge >= 0.3 is 0 Å². The number of aromatic amines is 1. The number of hydrogen-bond acceptors (Lipinski definition) is 8. The third kappa shape index (κ3) is 3.42. The minimum atomic E-state index is 0.442. The number of aromatic nitrogens is 7. The normalized spacial score (nSPS) is 11.3. The van der Waals surface area contributed by atoms with Crippen LogP contribution in [0, 0.1) is 11.3 Å². The van der Waals surface area contributed by atoms with Crippen molar-refractivity contribution in [3.8, 4) is 28.8 Å². The number of furan rings is 1. The number of anilines is 2. The van der Waals surface area contributed by atoms with E-state index in [0.29, 0.717) is 22.8 Å². The molecule has 2 aromatic carbocycles. The van der Waals surface area contributed by atoms with Gasteiger partial charge in [-0.25, -0.2) is 4.98 Å². The number of benzene rings is 2. The van der Waals surface area contributed by atoms with Crippen LogP contribution >= 0.6 is 15.9 Å². The van der Waals surface area contributed by atoms with Crippen molar-refractivity contribution in [2.75, 3.05) is 11.9 Å². The Morgan fingerprint density at radius 2 is 2.00 bits per heavy atom. The number of fused-ring (bicyclic) bond motifs is 2. The summed E-state index contributed by atoms with van der Waals surface area (Å²) >= 11 is 3.76. The molecule has 10 nitrogen and oxygen atoms in total. The third-order valence-electron chi connectivity index (χ3n) is 6.09. The van der Waals surface area contributed by atoms with Gasteiger partial charge in [-0.15, -0.1) is 10.2 Å². The van der Waals surface area contributed by atoms with Crippen LogP contribution in [0.1, 0.15) is 18.2 Å². The summed E-state index contributed by atoms with van der Waals surface area (Å²) in [6, 6.07) is 17.9. The molecule has 1 N–H and O–H groups in total. The molecule has 0 radical (unpaired) electrons. The van der Waals surface area contributed by atoms with Gasteiger partial charge in [0.05, 0.1) is 10.7 Å². The topological polar surface area (TPSA) is 125 Å². The molecule has 0 atom stereocenters. The molecule has 0 unspecified atom stereocenters. The van der Waals surface area contributed by atoms with E-state index in [9.17, 15) is 5.26 Å². The lowest BCUT2D eigenvalue weighted by Gasteiger charge is -2.21. The lowest BCUT2D eigenvalue weighted by atomic mass is 10.0. The Bertz CT molecular complexity index is 1780. The Hall–Kier alpha value is -4.56. The molecule has 0 saturated heterocycles. The minimum Gasteiger partial charge on any atom is -0.455 e. The van der Waals surface area contributed by atoms with Crippen molar-refractivity contribution in [2.24, 2.45) is 0 Å². The van der Waals surface area contributed by atoms with Crippen LogP contribution in [-0.2, 0) is 6.42 Å². The molecule has 0 aliphatic heterocycles. The van der Waals surface area contributed by atoms with Crippen molar-refractivity contribution in [1.29, 1.82) is 5.26 Å². The minimum absolute atomic E-state index is 0.442. The predicted octanol–water partition coefficient (Wildman–Crippen LogP) is 5.29. The lowest BCUT2D eigenvalue weighted by molar-refractivity contribution is 0.630. The fourth-order valence-corrected chi connectivity index (χ4v) is 4.82. The number of halogens is 1. The predicted molar refractivity (Wildman–Crippen MR) is 138 cm³/mol. The first-order chi connectivity index (χ1) is 17.6. The molecule has 0 amide bonds. The second kappa shape index (κ2) is 8.58. The van der Waals surface area contributed by atoms with Crippen LogP contribution in [0.3, 0.4) is 0 Å². The monoisotopic (exact) mass is 539 g/mol. The van der Waals surface area contributed by atoms with Crippen LogP contribution in [0.25, 0.3) is 39.3 Å². The molecule has 0 aliphatic carbocycles. The number of nitrogens with zero attached hydrogens (tertiary/aromatic N) is 8. The highest BCUT2D eigenvalue weighted by atomic mass is 79.9. The summed E-state index contributed by atoms with van der Waals surface area (Å²) in [6.07, 6.45) is 2.28. The molecule has 36 heavy (non-hydrogen) atoms. The highest BCUT2D eigenvalue weighted by Gasteiger charge is 2.21. The Balaban J connectivity index is 1.47. The van der Waals surface area contributed by atoms with E-state index >= 15 is 0 Å². The van der Waals surface area contributed by atoms with E-state index in [1.807, 2.05) is 61.3 Å². The standard InChI is InChI=1S/C25H18BrN9O/c1-3-15-10-21(35-25(29-15)14(12-27)13-28-35)34(2)16-8-9-20-19(11-16)22(26)23(36-20)17-6-4-5-7-18(17)24-30-32-33-31-24/h4-11,13H,3H2,1-2H3,(H,30,31,32,33). The maximum absolute atomic E-state index is 9.47. The van der Waals surface area contributed by atoms with Crippen LogP contribution in [0.2, 0.25) is 0 Å². The summed E-state index contributed by atoms with van der Waals surface area (Å²) in [5, 5.41) is 29.2. The van der Waals surface area contributed by atoms with Gasteiger partial charge in [0.15, 0.2) is 5.65 Å². The first-order valence-corrected chi connectivity index (χ1v) is 11.9. The molecule has 0 aliphatic rings. The van der Waals surface area contributed by atoms with Crippen LogP contribution in [0.15, 0.2) is 63.6 Å². The van der Waals surface area contributed by atoms with Gasteiger partial charge in [0.25, 0.3) is 0 Å². The Kier molecular flexibility index (Phi) is 5.23. The molecule has 0 bridgehead atoms. The Labute approximate surface area is 213 Å². The number of hydrogen-bond donors (Lipinski definition) is 1. The number of nitrogens with one attached hydrogen (secondary N) is 1. The van der Waals surface area contributed by atoms with E-state index in [1.165, 1.54) is 0 Å². The Morgan fingerprint density at radius 3 is 2.75 bits per heavy atom. The molecule has 6 aromatic rings. The highest BCUT2D eigenvalue weighted by molar-refractivity contribution is 9.10. The number of tetrazole rings is 1. The number of aryl methyl sites for hydroxylation is 1. The summed E-state index contributed by atoms with van der Waals surface area (Å²) in [6.45, 7) is 2.04. The number of nitriles is 1. The molecule has 11 heteroatoms. The van der Waals surface area contributed by atoms with Gasteiger partial charge in [0.1, 0.15) is 28.8 Å². The van der Waals surface area contributed by atoms with Crippen molar-refractivity contribution in [1.82, 2.24) is 35.2 Å². The molecule has 4 aromatic heterocycles. The largest absolute Gasteiger partial charge is 0.455 e. The molecule has 4 heterocycles. The van der Waals surface area contributed by atoms with E-state index in [2.05, 4.69) is 58.8 Å². The van der Waals surface area contributed by atoms with Crippen LogP contribution < -0.4 is 4.90 Å². The van der Waals surface area contributed by atoms with E-state index in [4.69, 9.17) is 4.42 Å². The van der Waals surface area contributed by atoms with Crippen molar-refractivity contribution in [3.05, 3.63) is 70.5 Å². The van der Waals surface area contributed by atoms with Gasteiger partial charge in [-0.1, -0.05) is 31.2 Å². The van der Waals surface area contributed by atoms with Crippen molar-refractivity contribution in [2.45, 2.75) is 13.3 Å². The van der Waals surface area contributed by atoms with Gasteiger partial charge in [0, 0.05) is 41.0 Å². The second-order valence-electron chi connectivity index (χ2n) is 8.13. The first kappa shape index (κ1) is 21.9. The fraction of sp³-hybridized carbons (Fsp3) is 0.120. The number of rotatable bonds is 5. The van der Waals surface area contributed by atoms with Gasteiger partial charge < -0.3 is 9.32 Å². The summed E-state index contributed by atoms with van der Waals surface area (Å²) < 4.78 is 8.79. The average molecular weight is 540 g/mol. The average Bonchev–Trinajstić information content (AvgIpc) is 3.67. The van der Waals surface area contributed by atoms with Crippen LogP contribution in [0.4, 0.5) is 11.5 Å². The van der Waals surface area contributed by atoms with Gasteiger partial charge in [-0.05, 0) is 45.8 Å². The molecule has 0 fully saturated rings. The maximum atomic E-state index is 9.47. The SMILES string of the molecule is CCc1cc(N(C)c2ccc3oc(-c4ccccc4-c4nn[nH]n4)c(Br)c3c2)n2ncc(C#N)c2n1. The van der Waals surface area contributed by atoms with E-state index in [0.717, 1.165) is 50.2 Å². The second-order valence-corrected chi connectivity index (χ2v) is 8.92. The highest BCUT2D eigenvalue weighted by Crippen LogP contribution is 2.42. The zero-order valence-corrected chi connectivity index (χ0v) is 20.9. The van der Waals surface area contributed by atoms with Crippen molar-refractivity contribution in [3.63, 3.8) is 0 Å². The zero-order chi connectivity index (χ0) is 24.8.